The predicted octanol–water partition coefficient (Wildman–Crippen LogP) is 11.0. The highest BCUT2D eigenvalue weighted by molar-refractivity contribution is 7.24. The fourth-order valence-corrected chi connectivity index (χ4v) is 15.4. The molecule has 0 N–H and O–H groups in total. The van der Waals surface area contributed by atoms with Crippen LogP contribution in [-0.4, -0.2) is 8.07 Å². The topological polar surface area (TPSA) is 3.24 Å². The zero-order chi connectivity index (χ0) is 37.5. The minimum atomic E-state index is -2.82. The van der Waals surface area contributed by atoms with Gasteiger partial charge in [0.2, 0.25) is 0 Å². The highest BCUT2D eigenvalue weighted by atomic mass is 28.3. The zero-order valence-electron chi connectivity index (χ0n) is 33.5. The molecule has 3 aliphatic rings. The molecular weight excluding hydrogens is 655 g/mol. The molecule has 9 rings (SSSR count). The Bertz CT molecular complexity index is 2340. The van der Waals surface area contributed by atoms with Crippen molar-refractivity contribution in [2.24, 2.45) is 0 Å². The van der Waals surface area contributed by atoms with E-state index in [9.17, 15) is 0 Å². The summed E-state index contributed by atoms with van der Waals surface area (Å²) >= 11 is 0. The van der Waals surface area contributed by atoms with Gasteiger partial charge in [0.05, 0.1) is 11.4 Å². The van der Waals surface area contributed by atoms with Crippen LogP contribution in [0.5, 0.6) is 0 Å². The van der Waals surface area contributed by atoms with Crippen LogP contribution in [0.2, 0.25) is 0 Å². The van der Waals surface area contributed by atoms with E-state index < -0.39 is 8.07 Å². The summed E-state index contributed by atoms with van der Waals surface area (Å²) in [5, 5.41) is 6.17. The van der Waals surface area contributed by atoms with Crippen LogP contribution in [0.25, 0.3) is 22.3 Å². The largest absolute Gasteiger partial charge is 0.310 e. The third-order valence-corrected chi connectivity index (χ3v) is 17.6. The van der Waals surface area contributed by atoms with Gasteiger partial charge < -0.3 is 4.90 Å². The van der Waals surface area contributed by atoms with Crippen LogP contribution in [0.3, 0.4) is 0 Å². The van der Waals surface area contributed by atoms with Crippen molar-refractivity contribution in [3.8, 4) is 22.3 Å². The summed E-state index contributed by atoms with van der Waals surface area (Å²) in [7, 11) is -2.82. The summed E-state index contributed by atoms with van der Waals surface area (Å²) in [6.45, 7) is 26.0. The second-order valence-corrected chi connectivity index (χ2v) is 23.2. The number of fused-ring (bicyclic) bond motifs is 12. The summed E-state index contributed by atoms with van der Waals surface area (Å²) in [5.41, 5.74) is 16.4. The molecule has 0 saturated carbocycles. The van der Waals surface area contributed by atoms with Crippen LogP contribution in [-0.2, 0) is 21.7 Å². The van der Waals surface area contributed by atoms with E-state index in [4.69, 9.17) is 0 Å². The van der Waals surface area contributed by atoms with Gasteiger partial charge in [-0.1, -0.05) is 173 Å². The van der Waals surface area contributed by atoms with Gasteiger partial charge in [-0.3, -0.25) is 0 Å². The number of anilines is 3. The van der Waals surface area contributed by atoms with E-state index in [2.05, 4.69) is 202 Å². The summed E-state index contributed by atoms with van der Waals surface area (Å²) in [5.74, 6) is 0. The number of benzene rings is 6. The average Bonchev–Trinajstić information content (AvgIpc) is 3.56. The van der Waals surface area contributed by atoms with Gasteiger partial charge in [0.25, 0.3) is 0 Å². The van der Waals surface area contributed by atoms with E-state index in [1.807, 2.05) is 0 Å². The van der Waals surface area contributed by atoms with Crippen LogP contribution in [0.15, 0.2) is 121 Å². The van der Waals surface area contributed by atoms with Gasteiger partial charge >= 0.3 is 0 Å². The molecule has 0 unspecified atom stereocenters. The van der Waals surface area contributed by atoms with E-state index in [0.29, 0.717) is 0 Å². The highest BCUT2D eigenvalue weighted by Crippen LogP contribution is 2.52. The number of hydrogen-bond donors (Lipinski definition) is 0. The van der Waals surface area contributed by atoms with Crippen molar-refractivity contribution in [3.05, 3.63) is 149 Å². The standard InChI is InChI=1S/C51H53NSi/c1-48(2,3)32-20-24-36-37-25-21-33(49(4,5)6)29-45(37)53(44(36)28-32)46-30-34(50(7,8)9)22-26-38(46)39-27-23-35(31-47(39)53)52-42-18-14-12-16-40(42)51(10,11)41-17-13-15-19-43(41)52/h12-31H,1-11H3. The quantitative estimate of drug-likeness (QED) is 0.154. The predicted molar refractivity (Wildman–Crippen MR) is 231 cm³/mol. The monoisotopic (exact) mass is 707 g/mol. The Balaban J connectivity index is 1.42. The number of para-hydroxylation sites is 2. The van der Waals surface area contributed by atoms with Crippen LogP contribution < -0.4 is 25.6 Å². The van der Waals surface area contributed by atoms with Gasteiger partial charge in [-0.15, -0.1) is 0 Å². The third-order valence-electron chi connectivity index (χ3n) is 12.8. The smallest absolute Gasteiger partial charge is 0.182 e. The minimum absolute atomic E-state index is 0.0311. The lowest BCUT2D eigenvalue weighted by Crippen LogP contribution is -2.71. The minimum Gasteiger partial charge on any atom is -0.310 e. The first-order valence-corrected chi connectivity index (χ1v) is 21.5. The molecule has 0 aliphatic carbocycles. The maximum Gasteiger partial charge on any atom is 0.182 e. The SMILES string of the molecule is CC(C)(C)c1ccc2c(c1)[Si]1(c3cc(N4c5ccccc5C(C)(C)c5ccccc54)ccc3-2)c2cc(C(C)(C)C)ccc2-c2ccc(C(C)(C)C)cc21. The number of nitrogens with zero attached hydrogens (tertiary/aromatic N) is 1. The Labute approximate surface area is 318 Å². The highest BCUT2D eigenvalue weighted by Gasteiger charge is 2.55. The van der Waals surface area contributed by atoms with Gasteiger partial charge in [-0.25, -0.2) is 0 Å². The van der Waals surface area contributed by atoms with Crippen molar-refractivity contribution in [1.29, 1.82) is 0 Å². The number of hydrogen-bond acceptors (Lipinski definition) is 1. The number of rotatable bonds is 1. The lowest BCUT2D eigenvalue weighted by atomic mass is 9.73. The van der Waals surface area contributed by atoms with Gasteiger partial charge in [-0.05, 0) is 111 Å². The molecule has 0 atom stereocenters. The fourth-order valence-electron chi connectivity index (χ4n) is 9.70. The van der Waals surface area contributed by atoms with Gasteiger partial charge in [0.15, 0.2) is 8.07 Å². The van der Waals surface area contributed by atoms with Crippen LogP contribution in [0.4, 0.5) is 17.1 Å². The molecule has 0 fully saturated rings. The Morgan fingerprint density at radius 1 is 0.415 bits per heavy atom. The fraction of sp³-hybridized carbons (Fsp3) is 0.294. The first-order chi connectivity index (χ1) is 24.9. The van der Waals surface area contributed by atoms with E-state index >= 15 is 0 Å². The third kappa shape index (κ3) is 4.74. The molecule has 266 valence electrons. The Morgan fingerprint density at radius 2 is 0.755 bits per heavy atom. The maximum atomic E-state index is 2.63. The molecule has 3 aliphatic heterocycles. The lowest BCUT2D eigenvalue weighted by molar-refractivity contribution is 0.590. The molecule has 6 aromatic carbocycles. The normalized spacial score (nSPS) is 16.1. The molecule has 2 heteroatoms. The van der Waals surface area contributed by atoms with Gasteiger partial charge in [-0.2, -0.15) is 0 Å². The Kier molecular flexibility index (Phi) is 7.05. The molecule has 0 saturated heterocycles. The van der Waals surface area contributed by atoms with Gasteiger partial charge in [0.1, 0.15) is 0 Å². The van der Waals surface area contributed by atoms with E-state index in [-0.39, 0.29) is 21.7 Å². The second-order valence-electron chi connectivity index (χ2n) is 19.5. The molecule has 6 aromatic rings. The summed E-state index contributed by atoms with van der Waals surface area (Å²) in [4.78, 5) is 2.55. The van der Waals surface area contributed by atoms with E-state index in [1.54, 1.807) is 15.6 Å². The molecule has 0 amide bonds. The molecule has 3 heterocycles. The molecule has 0 aromatic heterocycles. The van der Waals surface area contributed by atoms with Crippen molar-refractivity contribution in [2.75, 3.05) is 4.90 Å². The van der Waals surface area contributed by atoms with Crippen LogP contribution >= 0.6 is 0 Å². The molecule has 53 heavy (non-hydrogen) atoms. The molecule has 1 spiro atoms. The molecular formula is C51H53NSi. The summed E-state index contributed by atoms with van der Waals surface area (Å²) in [6, 6.07) is 48.1. The van der Waals surface area contributed by atoms with Gasteiger partial charge in [0, 0.05) is 11.1 Å². The molecule has 1 nitrogen and oxygen atoms in total. The zero-order valence-corrected chi connectivity index (χ0v) is 34.5. The average molecular weight is 708 g/mol. The van der Waals surface area contributed by atoms with E-state index in [0.717, 1.165) is 0 Å². The Morgan fingerprint density at radius 3 is 1.13 bits per heavy atom. The van der Waals surface area contributed by atoms with Crippen molar-refractivity contribution in [2.45, 2.75) is 97.8 Å². The summed E-state index contributed by atoms with van der Waals surface area (Å²) < 4.78 is 0. The van der Waals surface area contributed by atoms with Crippen molar-refractivity contribution >= 4 is 45.9 Å². The first-order valence-electron chi connectivity index (χ1n) is 19.5. The van der Waals surface area contributed by atoms with Crippen LogP contribution in [0, 0.1) is 0 Å². The van der Waals surface area contributed by atoms with Crippen molar-refractivity contribution in [1.82, 2.24) is 0 Å². The van der Waals surface area contributed by atoms with E-state index in [1.165, 1.54) is 72.3 Å². The lowest BCUT2D eigenvalue weighted by Gasteiger charge is -2.42. The van der Waals surface area contributed by atoms with Crippen LogP contribution in [0.1, 0.15) is 104 Å². The van der Waals surface area contributed by atoms with Crippen molar-refractivity contribution in [3.63, 3.8) is 0 Å². The Hall–Kier alpha value is -4.66. The maximum absolute atomic E-state index is 2.82. The summed E-state index contributed by atoms with van der Waals surface area (Å²) in [6.07, 6.45) is 0. The second kappa shape index (κ2) is 11.0. The first kappa shape index (κ1) is 34.1. The molecule has 0 bridgehead atoms. The molecule has 0 radical (unpaired) electrons. The van der Waals surface area contributed by atoms with Crippen molar-refractivity contribution < 1.29 is 0 Å².